The van der Waals surface area contributed by atoms with Gasteiger partial charge in [-0.25, -0.2) is 0 Å². The molecule has 0 saturated carbocycles. The molecule has 0 bridgehead atoms. The second kappa shape index (κ2) is 8.36. The number of anilines is 2. The van der Waals surface area contributed by atoms with E-state index in [0.717, 1.165) is 24.3 Å². The summed E-state index contributed by atoms with van der Waals surface area (Å²) >= 11 is 0. The minimum atomic E-state index is -0.159. The minimum absolute atomic E-state index is 0.0234. The van der Waals surface area contributed by atoms with Crippen LogP contribution in [0.15, 0.2) is 53.1 Å². The summed E-state index contributed by atoms with van der Waals surface area (Å²) in [5.41, 5.74) is 3.21. The van der Waals surface area contributed by atoms with Crippen LogP contribution in [-0.4, -0.2) is 53.0 Å². The Kier molecular flexibility index (Phi) is 5.47. The van der Waals surface area contributed by atoms with Crippen LogP contribution in [0.4, 0.5) is 11.4 Å². The molecule has 154 valence electrons. The van der Waals surface area contributed by atoms with Crippen LogP contribution < -0.4 is 10.2 Å². The highest BCUT2D eigenvalue weighted by molar-refractivity contribution is 5.97. The van der Waals surface area contributed by atoms with Crippen molar-refractivity contribution in [3.05, 3.63) is 60.0 Å². The van der Waals surface area contributed by atoms with Crippen LogP contribution in [0.5, 0.6) is 0 Å². The molecule has 8 heteroatoms. The van der Waals surface area contributed by atoms with Crippen molar-refractivity contribution in [2.75, 3.05) is 36.4 Å². The van der Waals surface area contributed by atoms with Crippen molar-refractivity contribution in [2.45, 2.75) is 13.8 Å². The molecular formula is C22H23N5O3. The predicted octanol–water partition coefficient (Wildman–Crippen LogP) is 2.97. The molecule has 1 saturated heterocycles. The highest BCUT2D eigenvalue weighted by atomic mass is 16.5. The molecule has 1 aliphatic rings. The van der Waals surface area contributed by atoms with E-state index in [4.69, 9.17) is 4.52 Å². The zero-order valence-electron chi connectivity index (χ0n) is 17.0. The molecule has 0 atom stereocenters. The summed E-state index contributed by atoms with van der Waals surface area (Å²) in [6.45, 7) is 5.98. The molecule has 1 aromatic heterocycles. The Morgan fingerprint density at radius 3 is 2.40 bits per heavy atom. The van der Waals surface area contributed by atoms with Crippen LogP contribution in [-0.2, 0) is 4.79 Å². The molecule has 0 spiro atoms. The third-order valence-corrected chi connectivity index (χ3v) is 5.01. The molecule has 4 rings (SSSR count). The molecule has 8 nitrogen and oxygen atoms in total. The van der Waals surface area contributed by atoms with E-state index in [1.165, 1.54) is 6.92 Å². The summed E-state index contributed by atoms with van der Waals surface area (Å²) in [6, 6.07) is 15.1. The minimum Gasteiger partial charge on any atom is -0.368 e. The van der Waals surface area contributed by atoms with Crippen LogP contribution in [0.3, 0.4) is 0 Å². The molecule has 30 heavy (non-hydrogen) atoms. The third kappa shape index (κ3) is 4.32. The fraction of sp³-hybridized carbons (Fsp3) is 0.273. The van der Waals surface area contributed by atoms with E-state index in [1.807, 2.05) is 29.2 Å². The van der Waals surface area contributed by atoms with Gasteiger partial charge in [-0.2, -0.15) is 4.98 Å². The second-order valence-electron chi connectivity index (χ2n) is 7.23. The Bertz CT molecular complexity index is 1050. The highest BCUT2D eigenvalue weighted by Crippen LogP contribution is 2.23. The number of rotatable bonds is 4. The number of nitrogens with zero attached hydrogens (tertiary/aromatic N) is 4. The van der Waals surface area contributed by atoms with E-state index < -0.39 is 0 Å². The topological polar surface area (TPSA) is 91.6 Å². The summed E-state index contributed by atoms with van der Waals surface area (Å²) < 4.78 is 5.03. The Morgan fingerprint density at radius 1 is 1.03 bits per heavy atom. The van der Waals surface area contributed by atoms with Gasteiger partial charge in [0.25, 0.3) is 5.91 Å². The summed E-state index contributed by atoms with van der Waals surface area (Å²) in [5.74, 6) is 0.937. The lowest BCUT2D eigenvalue weighted by Gasteiger charge is -2.36. The maximum absolute atomic E-state index is 12.9. The molecule has 2 heterocycles. The molecule has 0 unspecified atom stereocenters. The van der Waals surface area contributed by atoms with E-state index in [1.54, 1.807) is 31.2 Å². The van der Waals surface area contributed by atoms with Crippen molar-refractivity contribution in [1.82, 2.24) is 15.0 Å². The number of carbonyl (C=O) groups is 2. The summed E-state index contributed by atoms with van der Waals surface area (Å²) in [6.07, 6.45) is 0. The number of benzene rings is 2. The normalized spacial score (nSPS) is 13.9. The van der Waals surface area contributed by atoms with E-state index in [9.17, 15) is 9.59 Å². The van der Waals surface area contributed by atoms with E-state index in [-0.39, 0.29) is 11.8 Å². The molecule has 0 radical (unpaired) electrons. The molecule has 2 amide bonds. The van der Waals surface area contributed by atoms with Crippen molar-refractivity contribution in [1.29, 1.82) is 0 Å². The lowest BCUT2D eigenvalue weighted by atomic mass is 10.1. The number of hydrogen-bond donors (Lipinski definition) is 1. The number of nitrogens with one attached hydrogen (secondary N) is 1. The standard InChI is InChI=1S/C22H23N5O3/c1-15(28)23-19-5-3-4-18(14-19)22(29)27-12-10-26(11-13-27)20-8-6-17(7-9-20)21-24-16(2)30-25-21/h3-9,14H,10-13H2,1-2H3,(H,23,28). The van der Waals surface area contributed by atoms with Gasteiger partial charge in [-0.05, 0) is 42.5 Å². The Morgan fingerprint density at radius 2 is 1.77 bits per heavy atom. The van der Waals surface area contributed by atoms with Crippen LogP contribution in [0, 0.1) is 6.92 Å². The van der Waals surface area contributed by atoms with Crippen LogP contribution in [0.1, 0.15) is 23.2 Å². The monoisotopic (exact) mass is 405 g/mol. The molecule has 1 aliphatic heterocycles. The van der Waals surface area contributed by atoms with Gasteiger partial charge in [0, 0.05) is 62.5 Å². The van der Waals surface area contributed by atoms with Crippen LogP contribution in [0.2, 0.25) is 0 Å². The SMILES string of the molecule is CC(=O)Nc1cccc(C(=O)N2CCN(c3ccc(-c4noc(C)n4)cc3)CC2)c1. The van der Waals surface area contributed by atoms with Crippen molar-refractivity contribution in [3.8, 4) is 11.4 Å². The molecule has 3 aromatic rings. The number of amides is 2. The van der Waals surface area contributed by atoms with Gasteiger partial charge in [-0.1, -0.05) is 11.2 Å². The second-order valence-corrected chi connectivity index (χ2v) is 7.23. The quantitative estimate of drug-likeness (QED) is 0.718. The van der Waals surface area contributed by atoms with Crippen molar-refractivity contribution in [2.24, 2.45) is 0 Å². The fourth-order valence-electron chi connectivity index (χ4n) is 3.52. The number of aromatic nitrogens is 2. The lowest BCUT2D eigenvalue weighted by Crippen LogP contribution is -2.48. The number of piperazine rings is 1. The molecule has 2 aromatic carbocycles. The van der Waals surface area contributed by atoms with Gasteiger partial charge < -0.3 is 19.6 Å². The van der Waals surface area contributed by atoms with Gasteiger partial charge >= 0.3 is 0 Å². The van der Waals surface area contributed by atoms with Gasteiger partial charge in [0.1, 0.15) is 0 Å². The first kappa shape index (κ1) is 19.6. The zero-order chi connectivity index (χ0) is 21.1. The maximum Gasteiger partial charge on any atom is 0.254 e. The van der Waals surface area contributed by atoms with Gasteiger partial charge in [-0.3, -0.25) is 9.59 Å². The Balaban J connectivity index is 1.38. The Hall–Kier alpha value is -3.68. The third-order valence-electron chi connectivity index (χ3n) is 5.01. The number of carbonyl (C=O) groups excluding carboxylic acids is 2. The first-order chi connectivity index (χ1) is 14.5. The smallest absolute Gasteiger partial charge is 0.254 e. The van der Waals surface area contributed by atoms with E-state index in [2.05, 4.69) is 20.4 Å². The predicted molar refractivity (Wildman–Crippen MR) is 113 cm³/mol. The van der Waals surface area contributed by atoms with Gasteiger partial charge in [-0.15, -0.1) is 0 Å². The Labute approximate surface area is 174 Å². The van der Waals surface area contributed by atoms with Crippen molar-refractivity contribution in [3.63, 3.8) is 0 Å². The van der Waals surface area contributed by atoms with Crippen molar-refractivity contribution >= 4 is 23.2 Å². The van der Waals surface area contributed by atoms with E-state index >= 15 is 0 Å². The molecule has 0 aliphatic carbocycles. The van der Waals surface area contributed by atoms with Gasteiger partial charge in [0.05, 0.1) is 0 Å². The fourth-order valence-corrected chi connectivity index (χ4v) is 3.52. The van der Waals surface area contributed by atoms with E-state index in [0.29, 0.717) is 36.1 Å². The molecule has 1 N–H and O–H groups in total. The van der Waals surface area contributed by atoms with Crippen molar-refractivity contribution < 1.29 is 14.1 Å². The molecular weight excluding hydrogens is 382 g/mol. The summed E-state index contributed by atoms with van der Waals surface area (Å²) in [7, 11) is 0. The average Bonchev–Trinajstić information content (AvgIpc) is 3.19. The van der Waals surface area contributed by atoms with Gasteiger partial charge in [0.2, 0.25) is 17.6 Å². The average molecular weight is 405 g/mol. The molecule has 1 fully saturated rings. The number of hydrogen-bond acceptors (Lipinski definition) is 6. The number of aryl methyl sites for hydroxylation is 1. The first-order valence-electron chi connectivity index (χ1n) is 9.82. The largest absolute Gasteiger partial charge is 0.368 e. The summed E-state index contributed by atoms with van der Waals surface area (Å²) in [4.78, 5) is 32.4. The highest BCUT2D eigenvalue weighted by Gasteiger charge is 2.22. The van der Waals surface area contributed by atoms with Crippen LogP contribution >= 0.6 is 0 Å². The maximum atomic E-state index is 12.9. The summed E-state index contributed by atoms with van der Waals surface area (Å²) in [5, 5.41) is 6.66. The van der Waals surface area contributed by atoms with Gasteiger partial charge in [0.15, 0.2) is 0 Å². The van der Waals surface area contributed by atoms with Crippen LogP contribution in [0.25, 0.3) is 11.4 Å². The first-order valence-corrected chi connectivity index (χ1v) is 9.82. The lowest BCUT2D eigenvalue weighted by molar-refractivity contribution is -0.114. The zero-order valence-corrected chi connectivity index (χ0v) is 17.0.